The van der Waals surface area contributed by atoms with Gasteiger partial charge in [-0.2, -0.15) is 0 Å². The summed E-state index contributed by atoms with van der Waals surface area (Å²) in [6, 6.07) is 11.9. The molecule has 0 N–H and O–H groups in total. The molecule has 1 amide bonds. The zero-order valence-electron chi connectivity index (χ0n) is 11.8. The first kappa shape index (κ1) is 14.8. The van der Waals surface area contributed by atoms with Crippen LogP contribution in [0.5, 0.6) is 0 Å². The Morgan fingerprint density at radius 3 is 2.50 bits per heavy atom. The van der Waals surface area contributed by atoms with E-state index in [0.29, 0.717) is 13.1 Å². The van der Waals surface area contributed by atoms with Crippen LogP contribution < -0.4 is 0 Å². The highest BCUT2D eigenvalue weighted by Gasteiger charge is 2.14. The van der Waals surface area contributed by atoms with E-state index in [1.165, 1.54) is 0 Å². The number of likely N-dealkylation sites (N-methyl/N-ethyl adjacent to an activating group) is 1. The molecule has 0 fully saturated rings. The summed E-state index contributed by atoms with van der Waals surface area (Å²) in [4.78, 5) is 14.3. The Bertz CT molecular complexity index is 663. The smallest absolute Gasteiger partial charge is 0.254 e. The molecule has 0 aliphatic rings. The molecule has 0 aliphatic carbocycles. The van der Waals surface area contributed by atoms with Gasteiger partial charge in [-0.1, -0.05) is 40.2 Å². The van der Waals surface area contributed by atoms with Gasteiger partial charge in [-0.25, -0.2) is 0 Å². The third kappa shape index (κ3) is 3.28. The van der Waals surface area contributed by atoms with Gasteiger partial charge in [0.2, 0.25) is 0 Å². The minimum atomic E-state index is 0.0559. The normalized spacial score (nSPS) is 10.6. The first-order valence-electron chi connectivity index (χ1n) is 6.64. The van der Waals surface area contributed by atoms with Gasteiger partial charge in [0.05, 0.1) is 0 Å². The predicted molar refractivity (Wildman–Crippen MR) is 88.0 cm³/mol. The predicted octanol–water partition coefficient (Wildman–Crippen LogP) is 4.64. The minimum Gasteiger partial charge on any atom is -0.335 e. The Hall–Kier alpha value is -1.61. The number of amides is 1. The summed E-state index contributed by atoms with van der Waals surface area (Å²) in [7, 11) is 0. The van der Waals surface area contributed by atoms with E-state index in [0.717, 1.165) is 26.4 Å². The van der Waals surface area contributed by atoms with Gasteiger partial charge < -0.3 is 4.90 Å². The maximum Gasteiger partial charge on any atom is 0.254 e. The quantitative estimate of drug-likeness (QED) is 0.747. The SMILES string of the molecule is C=C(C)CN(CC)C(=O)c1ccc2cc(Br)ccc2c1. The van der Waals surface area contributed by atoms with E-state index >= 15 is 0 Å². The molecule has 2 rings (SSSR count). The molecule has 0 atom stereocenters. The average Bonchev–Trinajstić information content (AvgIpc) is 2.43. The summed E-state index contributed by atoms with van der Waals surface area (Å²) in [5.74, 6) is 0.0559. The van der Waals surface area contributed by atoms with Crippen LogP contribution in [0.1, 0.15) is 24.2 Å². The second-order valence-electron chi connectivity index (χ2n) is 4.98. The minimum absolute atomic E-state index is 0.0559. The molecule has 0 heterocycles. The Kier molecular flexibility index (Phi) is 4.61. The Labute approximate surface area is 128 Å². The van der Waals surface area contributed by atoms with Gasteiger partial charge in [-0.3, -0.25) is 4.79 Å². The van der Waals surface area contributed by atoms with Gasteiger partial charge >= 0.3 is 0 Å². The fourth-order valence-corrected chi connectivity index (χ4v) is 2.56. The van der Waals surface area contributed by atoms with Crippen molar-refractivity contribution in [2.24, 2.45) is 0 Å². The first-order chi connectivity index (χ1) is 9.51. The maximum absolute atomic E-state index is 12.5. The topological polar surface area (TPSA) is 20.3 Å². The Morgan fingerprint density at radius 2 is 1.85 bits per heavy atom. The monoisotopic (exact) mass is 331 g/mol. The van der Waals surface area contributed by atoms with E-state index in [1.807, 2.05) is 49.1 Å². The number of halogens is 1. The van der Waals surface area contributed by atoms with Crippen LogP contribution in [0.2, 0.25) is 0 Å². The molecule has 104 valence electrons. The van der Waals surface area contributed by atoms with Gasteiger partial charge in [0.15, 0.2) is 0 Å². The van der Waals surface area contributed by atoms with Crippen molar-refractivity contribution in [1.82, 2.24) is 4.90 Å². The van der Waals surface area contributed by atoms with Crippen molar-refractivity contribution in [3.05, 3.63) is 58.6 Å². The van der Waals surface area contributed by atoms with Gasteiger partial charge in [-0.15, -0.1) is 0 Å². The Morgan fingerprint density at radius 1 is 1.20 bits per heavy atom. The van der Waals surface area contributed by atoms with Crippen LogP contribution in [0, 0.1) is 0 Å². The summed E-state index contributed by atoms with van der Waals surface area (Å²) in [6.07, 6.45) is 0. The molecule has 3 heteroatoms. The molecule has 0 spiro atoms. The first-order valence-corrected chi connectivity index (χ1v) is 7.43. The van der Waals surface area contributed by atoms with Gasteiger partial charge in [0.1, 0.15) is 0 Å². The molecule has 2 aromatic carbocycles. The maximum atomic E-state index is 12.5. The molecule has 0 aromatic heterocycles. The van der Waals surface area contributed by atoms with E-state index in [9.17, 15) is 4.79 Å². The van der Waals surface area contributed by atoms with Crippen LogP contribution in [0.25, 0.3) is 10.8 Å². The summed E-state index contributed by atoms with van der Waals surface area (Å²) in [5, 5.41) is 2.20. The van der Waals surface area contributed by atoms with E-state index in [1.54, 1.807) is 0 Å². The van der Waals surface area contributed by atoms with Crippen molar-refractivity contribution in [2.45, 2.75) is 13.8 Å². The Balaban J connectivity index is 2.34. The van der Waals surface area contributed by atoms with Crippen LogP contribution in [0.4, 0.5) is 0 Å². The number of hydrogen-bond acceptors (Lipinski definition) is 1. The number of rotatable bonds is 4. The summed E-state index contributed by atoms with van der Waals surface area (Å²) < 4.78 is 1.04. The molecular weight excluding hydrogens is 314 g/mol. The third-order valence-corrected chi connectivity index (χ3v) is 3.67. The van der Waals surface area contributed by atoms with Crippen LogP contribution in [0.3, 0.4) is 0 Å². The van der Waals surface area contributed by atoms with Crippen molar-refractivity contribution in [3.63, 3.8) is 0 Å². The third-order valence-electron chi connectivity index (χ3n) is 3.18. The second kappa shape index (κ2) is 6.23. The molecule has 0 radical (unpaired) electrons. The zero-order valence-corrected chi connectivity index (χ0v) is 13.4. The van der Waals surface area contributed by atoms with E-state index in [4.69, 9.17) is 0 Å². The average molecular weight is 332 g/mol. The largest absolute Gasteiger partial charge is 0.335 e. The van der Waals surface area contributed by atoms with Crippen LogP contribution in [-0.4, -0.2) is 23.9 Å². The summed E-state index contributed by atoms with van der Waals surface area (Å²) >= 11 is 3.46. The van der Waals surface area contributed by atoms with Crippen molar-refractivity contribution < 1.29 is 4.79 Å². The molecule has 0 saturated carbocycles. The highest BCUT2D eigenvalue weighted by molar-refractivity contribution is 9.10. The second-order valence-corrected chi connectivity index (χ2v) is 5.90. The van der Waals surface area contributed by atoms with Gasteiger partial charge in [-0.05, 0) is 48.9 Å². The lowest BCUT2D eigenvalue weighted by Gasteiger charge is -2.21. The van der Waals surface area contributed by atoms with Crippen LogP contribution in [0.15, 0.2) is 53.0 Å². The summed E-state index contributed by atoms with van der Waals surface area (Å²) in [5.41, 5.74) is 1.72. The van der Waals surface area contributed by atoms with Crippen LogP contribution >= 0.6 is 15.9 Å². The lowest BCUT2D eigenvalue weighted by atomic mass is 10.1. The fourth-order valence-electron chi connectivity index (χ4n) is 2.19. The number of benzene rings is 2. The molecule has 0 bridgehead atoms. The van der Waals surface area contributed by atoms with E-state index in [-0.39, 0.29) is 5.91 Å². The summed E-state index contributed by atoms with van der Waals surface area (Å²) in [6.45, 7) is 9.09. The van der Waals surface area contributed by atoms with Gasteiger partial charge in [0.25, 0.3) is 5.91 Å². The molecule has 2 aromatic rings. The van der Waals surface area contributed by atoms with E-state index < -0.39 is 0 Å². The van der Waals surface area contributed by atoms with Crippen LogP contribution in [-0.2, 0) is 0 Å². The highest BCUT2D eigenvalue weighted by atomic mass is 79.9. The molecule has 2 nitrogen and oxygen atoms in total. The number of nitrogens with zero attached hydrogens (tertiary/aromatic N) is 1. The lowest BCUT2D eigenvalue weighted by molar-refractivity contribution is 0.0778. The molecule has 20 heavy (non-hydrogen) atoms. The molecule has 0 unspecified atom stereocenters. The van der Waals surface area contributed by atoms with Crippen molar-refractivity contribution >= 4 is 32.6 Å². The molecule has 0 saturated heterocycles. The van der Waals surface area contributed by atoms with E-state index in [2.05, 4.69) is 28.6 Å². The van der Waals surface area contributed by atoms with Gasteiger partial charge in [0, 0.05) is 23.1 Å². The lowest BCUT2D eigenvalue weighted by Crippen LogP contribution is -2.32. The number of fused-ring (bicyclic) bond motifs is 1. The number of hydrogen-bond donors (Lipinski definition) is 0. The van der Waals surface area contributed by atoms with Crippen molar-refractivity contribution in [3.8, 4) is 0 Å². The number of carbonyl (C=O) groups excluding carboxylic acids is 1. The highest BCUT2D eigenvalue weighted by Crippen LogP contribution is 2.21. The number of carbonyl (C=O) groups is 1. The standard InChI is InChI=1S/C17H18BrNO/c1-4-19(11-12(2)3)17(20)15-6-5-14-10-16(18)8-7-13(14)9-15/h5-10H,2,4,11H2,1,3H3. The van der Waals surface area contributed by atoms with Crippen molar-refractivity contribution in [2.75, 3.05) is 13.1 Å². The fraction of sp³-hybridized carbons (Fsp3) is 0.235. The van der Waals surface area contributed by atoms with Crippen molar-refractivity contribution in [1.29, 1.82) is 0 Å². The molecule has 0 aliphatic heterocycles. The molecular formula is C17H18BrNO. The zero-order chi connectivity index (χ0) is 14.7.